The molecule has 0 spiro atoms. The van der Waals surface area contributed by atoms with Crippen LogP contribution in [0.4, 0.5) is 0 Å². The SMILES string of the molecule is COc1ccc(C(OC[C@H]2O[C@@H](n3cc(CCC(=O)NCCN(C)C)c(=O)[nH]c3=O)C[C@@H]2O)(c2ccccc2)c2ccc(OC)cc2)cc1. The van der Waals surface area contributed by atoms with Gasteiger partial charge in [0.05, 0.1) is 26.9 Å². The Morgan fingerprint density at radius 3 is 2.12 bits per heavy atom. The maximum Gasteiger partial charge on any atom is 0.330 e. The van der Waals surface area contributed by atoms with Crippen molar-refractivity contribution >= 4 is 5.91 Å². The molecule has 0 bridgehead atoms. The van der Waals surface area contributed by atoms with Crippen LogP contribution in [0.25, 0.3) is 0 Å². The number of likely N-dealkylation sites (N-methyl/N-ethyl adjacent to an activating group) is 1. The number of amides is 1. The number of hydrogen-bond donors (Lipinski definition) is 3. The maximum absolute atomic E-state index is 12.9. The Balaban J connectivity index is 1.40. The Bertz CT molecular complexity index is 1740. The number of methoxy groups -OCH3 is 2. The van der Waals surface area contributed by atoms with Crippen LogP contribution in [0.5, 0.6) is 11.5 Å². The minimum Gasteiger partial charge on any atom is -0.497 e. The molecule has 1 saturated heterocycles. The number of aromatic amines is 1. The van der Waals surface area contributed by atoms with E-state index in [0.717, 1.165) is 16.7 Å². The predicted octanol–water partition coefficient (Wildman–Crippen LogP) is 2.82. The van der Waals surface area contributed by atoms with Crippen LogP contribution in [0.2, 0.25) is 0 Å². The highest BCUT2D eigenvalue weighted by atomic mass is 16.6. The Hall–Kier alpha value is -4.75. The maximum atomic E-state index is 12.9. The second kappa shape index (κ2) is 16.1. The Morgan fingerprint density at radius 2 is 1.55 bits per heavy atom. The number of nitrogens with one attached hydrogen (secondary N) is 2. The summed E-state index contributed by atoms with van der Waals surface area (Å²) in [5.41, 5.74) is 0.395. The van der Waals surface area contributed by atoms with Crippen LogP contribution < -0.4 is 26.0 Å². The Morgan fingerprint density at radius 1 is 0.959 bits per heavy atom. The van der Waals surface area contributed by atoms with Crippen molar-refractivity contribution in [3.05, 3.63) is 128 Å². The zero-order chi connectivity index (χ0) is 35.0. The summed E-state index contributed by atoms with van der Waals surface area (Å²) in [6.07, 6.45) is -0.935. The molecular formula is C37H44N4O8. The fourth-order valence-corrected chi connectivity index (χ4v) is 5.99. The lowest BCUT2D eigenvalue weighted by atomic mass is 9.80. The van der Waals surface area contributed by atoms with Crippen molar-refractivity contribution in [1.82, 2.24) is 19.8 Å². The summed E-state index contributed by atoms with van der Waals surface area (Å²) >= 11 is 0. The molecule has 0 saturated carbocycles. The zero-order valence-corrected chi connectivity index (χ0v) is 28.3. The molecule has 1 fully saturated rings. The van der Waals surface area contributed by atoms with Gasteiger partial charge in [0.2, 0.25) is 5.91 Å². The van der Waals surface area contributed by atoms with E-state index in [0.29, 0.717) is 24.6 Å². The average molecular weight is 673 g/mol. The first-order valence-corrected chi connectivity index (χ1v) is 16.2. The summed E-state index contributed by atoms with van der Waals surface area (Å²) in [5, 5.41) is 14.0. The first-order chi connectivity index (χ1) is 23.6. The number of ether oxygens (including phenoxy) is 4. The van der Waals surface area contributed by atoms with Gasteiger partial charge in [-0.3, -0.25) is 19.1 Å². The molecule has 1 aliphatic rings. The smallest absolute Gasteiger partial charge is 0.330 e. The third kappa shape index (κ3) is 8.28. The quantitative estimate of drug-likeness (QED) is 0.163. The number of hydrogen-bond acceptors (Lipinski definition) is 9. The van der Waals surface area contributed by atoms with E-state index in [1.165, 1.54) is 10.8 Å². The molecule has 1 aliphatic heterocycles. The summed E-state index contributed by atoms with van der Waals surface area (Å²) in [5.74, 6) is 1.18. The molecular weight excluding hydrogens is 628 g/mol. The fourth-order valence-electron chi connectivity index (χ4n) is 5.99. The number of carbonyl (C=O) groups excluding carboxylic acids is 1. The first kappa shape index (κ1) is 35.6. The second-order valence-electron chi connectivity index (χ2n) is 12.2. The van der Waals surface area contributed by atoms with E-state index in [4.69, 9.17) is 18.9 Å². The number of rotatable bonds is 15. The van der Waals surface area contributed by atoms with Gasteiger partial charge in [0.15, 0.2) is 0 Å². The zero-order valence-electron chi connectivity index (χ0n) is 28.3. The molecule has 4 aromatic rings. The van der Waals surface area contributed by atoms with Crippen LogP contribution in [0.3, 0.4) is 0 Å². The van der Waals surface area contributed by atoms with Crippen molar-refractivity contribution in [3.8, 4) is 11.5 Å². The van der Waals surface area contributed by atoms with E-state index in [1.807, 2.05) is 97.9 Å². The van der Waals surface area contributed by atoms with E-state index in [9.17, 15) is 19.5 Å². The van der Waals surface area contributed by atoms with Gasteiger partial charge in [0.25, 0.3) is 5.56 Å². The van der Waals surface area contributed by atoms with E-state index in [1.54, 1.807) is 14.2 Å². The molecule has 3 aromatic carbocycles. The molecule has 0 unspecified atom stereocenters. The van der Waals surface area contributed by atoms with Gasteiger partial charge in [-0.1, -0.05) is 54.6 Å². The standard InChI is InChI=1S/C37H44N4O8/c1-40(2)21-20-38-33(43)19-10-25-23-41(36(45)39-35(25)44)34-22-31(42)32(49-34)24-48-37(26-8-6-5-7-9-26,27-11-15-29(46-3)16-12-27)28-13-17-30(47-4)18-14-28/h5-9,11-18,23,31-32,34,42H,10,19-22,24H2,1-4H3,(H,38,43)(H,39,44,45)/t31-,32+,34+/m0/s1. The number of aliphatic hydroxyl groups is 1. The van der Waals surface area contributed by atoms with E-state index in [2.05, 4.69) is 10.3 Å². The molecule has 1 amide bonds. The highest BCUT2D eigenvalue weighted by Crippen LogP contribution is 2.42. The van der Waals surface area contributed by atoms with Gasteiger partial charge in [0.1, 0.15) is 29.4 Å². The number of aryl methyl sites for hydroxylation is 1. The second-order valence-corrected chi connectivity index (χ2v) is 12.2. The summed E-state index contributed by atoms with van der Waals surface area (Å²) < 4.78 is 25.3. The van der Waals surface area contributed by atoms with Gasteiger partial charge >= 0.3 is 5.69 Å². The van der Waals surface area contributed by atoms with Gasteiger partial charge < -0.3 is 34.3 Å². The number of benzene rings is 3. The molecule has 49 heavy (non-hydrogen) atoms. The van der Waals surface area contributed by atoms with Crippen LogP contribution >= 0.6 is 0 Å². The molecule has 3 atom stereocenters. The third-order valence-electron chi connectivity index (χ3n) is 8.70. The normalized spacial score (nSPS) is 17.6. The van der Waals surface area contributed by atoms with Crippen molar-refractivity contribution < 1.29 is 28.8 Å². The summed E-state index contributed by atoms with van der Waals surface area (Å²) in [6, 6.07) is 25.0. The number of carbonyl (C=O) groups is 1. The number of nitrogens with zero attached hydrogens (tertiary/aromatic N) is 2. The van der Waals surface area contributed by atoms with E-state index in [-0.39, 0.29) is 37.3 Å². The summed E-state index contributed by atoms with van der Waals surface area (Å²) in [6.45, 7) is 1.14. The van der Waals surface area contributed by atoms with Crippen LogP contribution in [0.1, 0.15) is 41.3 Å². The predicted molar refractivity (Wildman–Crippen MR) is 184 cm³/mol. The lowest BCUT2D eigenvalue weighted by Crippen LogP contribution is -2.38. The number of aromatic nitrogens is 2. The van der Waals surface area contributed by atoms with Crippen molar-refractivity contribution in [2.45, 2.75) is 43.3 Å². The molecule has 12 heteroatoms. The first-order valence-electron chi connectivity index (χ1n) is 16.2. The summed E-state index contributed by atoms with van der Waals surface area (Å²) in [7, 11) is 7.04. The molecule has 0 aliphatic carbocycles. The highest BCUT2D eigenvalue weighted by Gasteiger charge is 2.42. The molecule has 260 valence electrons. The Kier molecular flexibility index (Phi) is 11.7. The highest BCUT2D eigenvalue weighted by molar-refractivity contribution is 5.76. The van der Waals surface area contributed by atoms with Gasteiger partial charge in [-0.05, 0) is 61.5 Å². The van der Waals surface area contributed by atoms with Gasteiger partial charge in [-0.25, -0.2) is 4.79 Å². The van der Waals surface area contributed by atoms with Crippen LogP contribution in [-0.4, -0.2) is 85.7 Å². The van der Waals surface area contributed by atoms with E-state index < -0.39 is 35.3 Å². The average Bonchev–Trinajstić information content (AvgIpc) is 3.48. The number of H-pyrrole nitrogens is 1. The van der Waals surface area contributed by atoms with Gasteiger partial charge in [-0.2, -0.15) is 0 Å². The van der Waals surface area contributed by atoms with E-state index >= 15 is 0 Å². The third-order valence-corrected chi connectivity index (χ3v) is 8.70. The number of aliphatic hydroxyl groups excluding tert-OH is 1. The monoisotopic (exact) mass is 672 g/mol. The molecule has 0 radical (unpaired) electrons. The van der Waals surface area contributed by atoms with Crippen LogP contribution in [0, 0.1) is 0 Å². The fraction of sp³-hybridized carbons (Fsp3) is 0.378. The molecule has 5 rings (SSSR count). The van der Waals surface area contributed by atoms with Crippen LogP contribution in [0.15, 0.2) is 94.6 Å². The van der Waals surface area contributed by atoms with Gasteiger partial charge in [0, 0.05) is 37.7 Å². The lowest BCUT2D eigenvalue weighted by Gasteiger charge is -2.37. The van der Waals surface area contributed by atoms with Crippen molar-refractivity contribution in [1.29, 1.82) is 0 Å². The van der Waals surface area contributed by atoms with Crippen molar-refractivity contribution in [2.75, 3.05) is 48.0 Å². The van der Waals surface area contributed by atoms with Crippen molar-refractivity contribution in [3.63, 3.8) is 0 Å². The Labute approximate surface area is 285 Å². The lowest BCUT2D eigenvalue weighted by molar-refractivity contribution is -0.121. The minimum atomic E-state index is -1.13. The largest absolute Gasteiger partial charge is 0.497 e. The summed E-state index contributed by atoms with van der Waals surface area (Å²) in [4.78, 5) is 42.2. The molecule has 2 heterocycles. The molecule has 3 N–H and O–H groups in total. The minimum absolute atomic E-state index is 0.0390. The van der Waals surface area contributed by atoms with Crippen LogP contribution in [-0.2, 0) is 26.3 Å². The topological polar surface area (TPSA) is 144 Å². The van der Waals surface area contributed by atoms with Crippen molar-refractivity contribution in [2.24, 2.45) is 0 Å². The molecule has 1 aromatic heterocycles. The van der Waals surface area contributed by atoms with Gasteiger partial charge in [-0.15, -0.1) is 0 Å². The molecule has 12 nitrogen and oxygen atoms in total.